The minimum atomic E-state index is -0.275. The van der Waals surface area contributed by atoms with Crippen LogP contribution >= 0.6 is 0 Å². The summed E-state index contributed by atoms with van der Waals surface area (Å²) in [6.45, 7) is 4.74. The van der Waals surface area contributed by atoms with Crippen molar-refractivity contribution in [2.75, 3.05) is 5.32 Å². The van der Waals surface area contributed by atoms with E-state index in [-0.39, 0.29) is 23.5 Å². The van der Waals surface area contributed by atoms with Gasteiger partial charge in [-0.05, 0) is 37.6 Å². The first-order valence-electron chi connectivity index (χ1n) is 9.20. The second-order valence-corrected chi connectivity index (χ2v) is 6.76. The average molecular weight is 378 g/mol. The summed E-state index contributed by atoms with van der Waals surface area (Å²) in [5.41, 5.74) is 1.88. The van der Waals surface area contributed by atoms with E-state index in [2.05, 4.69) is 15.5 Å². The van der Waals surface area contributed by atoms with Gasteiger partial charge in [0.15, 0.2) is 5.69 Å². The normalized spacial score (nSPS) is 10.7. The summed E-state index contributed by atoms with van der Waals surface area (Å²) in [4.78, 5) is 14.6. The maximum Gasteiger partial charge on any atom is 0.274 e. The number of anilines is 1. The molecule has 144 valence electrons. The lowest BCUT2D eigenvalue weighted by molar-refractivity contribution is 0.0683. The highest BCUT2D eigenvalue weighted by atomic mass is 19.1. The summed E-state index contributed by atoms with van der Waals surface area (Å²) in [7, 11) is 0. The molecule has 0 bridgehead atoms. The molecule has 1 heterocycles. The summed E-state index contributed by atoms with van der Waals surface area (Å²) >= 11 is 0. The smallest absolute Gasteiger partial charge is 0.274 e. The van der Waals surface area contributed by atoms with Crippen molar-refractivity contribution in [1.82, 2.24) is 15.1 Å². The monoisotopic (exact) mass is 378 g/mol. The highest BCUT2D eigenvalue weighted by molar-refractivity contribution is 5.92. The average Bonchev–Trinajstić information content (AvgIpc) is 2.72. The molecule has 1 amide bonds. The number of nitrogens with zero attached hydrogens (tertiary/aromatic N) is 3. The number of aromatic nitrogens is 2. The van der Waals surface area contributed by atoms with Crippen LogP contribution in [0.4, 0.5) is 10.2 Å². The fourth-order valence-corrected chi connectivity index (χ4v) is 2.78. The number of hydrogen-bond acceptors (Lipinski definition) is 4. The minimum absolute atomic E-state index is 0.0216. The molecule has 28 heavy (non-hydrogen) atoms. The van der Waals surface area contributed by atoms with Gasteiger partial charge in [0.2, 0.25) is 0 Å². The first-order valence-corrected chi connectivity index (χ1v) is 9.20. The maximum absolute atomic E-state index is 13.7. The molecule has 0 spiro atoms. The van der Waals surface area contributed by atoms with Crippen molar-refractivity contribution in [1.29, 1.82) is 0 Å². The van der Waals surface area contributed by atoms with E-state index in [1.807, 2.05) is 44.2 Å². The van der Waals surface area contributed by atoms with E-state index in [0.29, 0.717) is 24.5 Å². The zero-order valence-corrected chi connectivity index (χ0v) is 16.0. The van der Waals surface area contributed by atoms with E-state index in [0.717, 1.165) is 5.56 Å². The van der Waals surface area contributed by atoms with Crippen molar-refractivity contribution in [3.05, 3.63) is 89.4 Å². The number of carbonyl (C=O) groups is 1. The quantitative estimate of drug-likeness (QED) is 0.667. The van der Waals surface area contributed by atoms with Gasteiger partial charge in [-0.2, -0.15) is 0 Å². The van der Waals surface area contributed by atoms with E-state index in [1.54, 1.807) is 35.2 Å². The molecule has 0 saturated heterocycles. The van der Waals surface area contributed by atoms with Crippen LogP contribution in [0, 0.1) is 5.82 Å². The van der Waals surface area contributed by atoms with E-state index in [9.17, 15) is 9.18 Å². The summed E-state index contributed by atoms with van der Waals surface area (Å²) in [5, 5.41) is 11.1. The summed E-state index contributed by atoms with van der Waals surface area (Å²) in [5.74, 6) is 0.0363. The molecule has 3 rings (SSSR count). The first kappa shape index (κ1) is 19.5. The molecule has 2 aromatic carbocycles. The van der Waals surface area contributed by atoms with Crippen LogP contribution < -0.4 is 5.32 Å². The molecule has 1 N–H and O–H groups in total. The number of halogens is 1. The predicted octanol–water partition coefficient (Wildman–Crippen LogP) is 4.28. The third-order valence-electron chi connectivity index (χ3n) is 4.38. The van der Waals surface area contributed by atoms with E-state index >= 15 is 0 Å². The molecule has 0 fully saturated rings. The molecular weight excluding hydrogens is 355 g/mol. The molecule has 6 heteroatoms. The van der Waals surface area contributed by atoms with Gasteiger partial charge in [0.05, 0.1) is 0 Å². The van der Waals surface area contributed by atoms with Crippen molar-refractivity contribution < 1.29 is 9.18 Å². The van der Waals surface area contributed by atoms with Crippen LogP contribution in [0.25, 0.3) is 0 Å². The minimum Gasteiger partial charge on any atom is -0.364 e. The fourth-order valence-electron chi connectivity index (χ4n) is 2.78. The lowest BCUT2D eigenvalue weighted by Gasteiger charge is -2.26. The lowest BCUT2D eigenvalue weighted by atomic mass is 10.1. The van der Waals surface area contributed by atoms with Crippen LogP contribution in [0.3, 0.4) is 0 Å². The largest absolute Gasteiger partial charge is 0.364 e. The summed E-state index contributed by atoms with van der Waals surface area (Å²) < 4.78 is 13.7. The van der Waals surface area contributed by atoms with E-state index < -0.39 is 0 Å². The molecule has 0 atom stereocenters. The molecule has 5 nitrogen and oxygen atoms in total. The molecule has 0 saturated carbocycles. The fraction of sp³-hybridized carbons (Fsp3) is 0.227. The Morgan fingerprint density at radius 1 is 1.00 bits per heavy atom. The molecule has 1 aromatic heterocycles. The molecule has 0 aliphatic carbocycles. The van der Waals surface area contributed by atoms with Crippen molar-refractivity contribution in [3.63, 3.8) is 0 Å². The molecule has 3 aromatic rings. The number of hydrogen-bond donors (Lipinski definition) is 1. The SMILES string of the molecule is CC(C)N(Cc1ccccc1)C(=O)c1ccc(NCc2ccccc2F)nn1. The van der Waals surface area contributed by atoms with Gasteiger partial charge < -0.3 is 10.2 Å². The van der Waals surface area contributed by atoms with E-state index in [1.165, 1.54) is 6.07 Å². The molecule has 0 radical (unpaired) electrons. The van der Waals surface area contributed by atoms with Crippen LogP contribution in [0.15, 0.2) is 66.7 Å². The number of nitrogens with one attached hydrogen (secondary N) is 1. The van der Waals surface area contributed by atoms with Crippen molar-refractivity contribution in [2.45, 2.75) is 33.0 Å². The van der Waals surface area contributed by atoms with Gasteiger partial charge in [0.1, 0.15) is 11.6 Å². The molecule has 0 unspecified atom stereocenters. The number of benzene rings is 2. The summed E-state index contributed by atoms with van der Waals surface area (Å²) in [6.07, 6.45) is 0. The zero-order valence-electron chi connectivity index (χ0n) is 16.0. The van der Waals surface area contributed by atoms with Gasteiger partial charge in [-0.15, -0.1) is 10.2 Å². The Bertz CT molecular complexity index is 913. The Labute approximate surface area is 164 Å². The van der Waals surface area contributed by atoms with E-state index in [4.69, 9.17) is 0 Å². The predicted molar refractivity (Wildman–Crippen MR) is 107 cm³/mol. The number of amides is 1. The van der Waals surface area contributed by atoms with Crippen molar-refractivity contribution in [2.24, 2.45) is 0 Å². The standard InChI is InChI=1S/C22H23FN4O/c1-16(2)27(15-17-8-4-3-5-9-17)22(28)20-12-13-21(26-25-20)24-14-18-10-6-7-11-19(18)23/h3-13,16H,14-15H2,1-2H3,(H,24,26). The van der Waals surface area contributed by atoms with Gasteiger partial charge in [-0.1, -0.05) is 48.5 Å². The van der Waals surface area contributed by atoms with Crippen molar-refractivity contribution >= 4 is 11.7 Å². The highest BCUT2D eigenvalue weighted by Crippen LogP contribution is 2.14. The third-order valence-corrected chi connectivity index (χ3v) is 4.38. The Morgan fingerprint density at radius 3 is 2.36 bits per heavy atom. The Morgan fingerprint density at radius 2 is 1.71 bits per heavy atom. The van der Waals surface area contributed by atoms with Crippen LogP contribution in [0.5, 0.6) is 0 Å². The third kappa shape index (κ3) is 4.91. The number of rotatable bonds is 7. The Balaban J connectivity index is 1.67. The van der Waals surface area contributed by atoms with Gasteiger partial charge in [0, 0.05) is 24.7 Å². The van der Waals surface area contributed by atoms with Gasteiger partial charge in [-0.25, -0.2) is 4.39 Å². The van der Waals surface area contributed by atoms with Gasteiger partial charge in [0.25, 0.3) is 5.91 Å². The van der Waals surface area contributed by atoms with Crippen LogP contribution in [-0.2, 0) is 13.1 Å². The summed E-state index contributed by atoms with van der Waals surface area (Å²) in [6, 6.07) is 19.7. The second kappa shape index (κ2) is 9.08. The van der Waals surface area contributed by atoms with Crippen molar-refractivity contribution in [3.8, 4) is 0 Å². The molecular formula is C22H23FN4O. The van der Waals surface area contributed by atoms with Gasteiger partial charge in [-0.3, -0.25) is 4.79 Å². The second-order valence-electron chi connectivity index (χ2n) is 6.76. The first-order chi connectivity index (χ1) is 13.5. The Kier molecular flexibility index (Phi) is 6.32. The topological polar surface area (TPSA) is 58.1 Å². The Hall–Kier alpha value is -3.28. The maximum atomic E-state index is 13.7. The zero-order chi connectivity index (χ0) is 19.9. The van der Waals surface area contributed by atoms with Crippen LogP contribution in [0.2, 0.25) is 0 Å². The van der Waals surface area contributed by atoms with Crippen LogP contribution in [-0.4, -0.2) is 27.0 Å². The van der Waals surface area contributed by atoms with Crippen LogP contribution in [0.1, 0.15) is 35.5 Å². The number of carbonyl (C=O) groups excluding carboxylic acids is 1. The molecule has 0 aliphatic rings. The molecule has 0 aliphatic heterocycles. The van der Waals surface area contributed by atoms with Gasteiger partial charge >= 0.3 is 0 Å². The highest BCUT2D eigenvalue weighted by Gasteiger charge is 2.20. The lowest BCUT2D eigenvalue weighted by Crippen LogP contribution is -2.37.